The molecule has 0 radical (unpaired) electrons. The predicted octanol–water partition coefficient (Wildman–Crippen LogP) is 3.65. The van der Waals surface area contributed by atoms with Gasteiger partial charge in [-0.05, 0) is 28.8 Å². The average molecular weight is 420 g/mol. The number of hydrogen-bond acceptors (Lipinski definition) is 3. The van der Waals surface area contributed by atoms with Gasteiger partial charge in [-0.15, -0.1) is 0 Å². The molecular formula is C15H14BrClF2N4O. The molecule has 2 saturated heterocycles. The van der Waals surface area contributed by atoms with Crippen LogP contribution in [0.15, 0.2) is 17.0 Å². The van der Waals surface area contributed by atoms with Gasteiger partial charge < -0.3 is 4.90 Å². The minimum Gasteiger partial charge on any atom is -0.333 e. The fourth-order valence-corrected chi connectivity index (χ4v) is 4.66. The summed E-state index contributed by atoms with van der Waals surface area (Å²) in [6, 6.07) is -0.991. The third kappa shape index (κ3) is 2.42. The summed E-state index contributed by atoms with van der Waals surface area (Å²) in [7, 11) is 0. The zero-order chi connectivity index (χ0) is 17.1. The van der Waals surface area contributed by atoms with Gasteiger partial charge in [0.1, 0.15) is 15.9 Å². The Morgan fingerprint density at radius 1 is 1.38 bits per heavy atom. The predicted molar refractivity (Wildman–Crippen MR) is 87.4 cm³/mol. The second-order valence-electron chi connectivity index (χ2n) is 6.29. The van der Waals surface area contributed by atoms with Crippen LogP contribution in [0.5, 0.6) is 0 Å². The van der Waals surface area contributed by atoms with Gasteiger partial charge in [0.15, 0.2) is 5.15 Å². The third-order valence-corrected chi connectivity index (χ3v) is 5.75. The average Bonchev–Trinajstić information content (AvgIpc) is 2.89. The molecule has 2 aromatic rings. The summed E-state index contributed by atoms with van der Waals surface area (Å²) in [5.74, 6) is -2.41. The number of carbonyl (C=O) groups is 1. The second-order valence-corrected chi connectivity index (χ2v) is 7.40. The van der Waals surface area contributed by atoms with E-state index in [0.717, 1.165) is 0 Å². The maximum atomic E-state index is 14.1. The molecule has 2 fully saturated rings. The molecule has 128 valence electrons. The van der Waals surface area contributed by atoms with Crippen LogP contribution in [0.3, 0.4) is 0 Å². The number of hydrogen-bond donors (Lipinski definition) is 0. The van der Waals surface area contributed by atoms with Crippen molar-refractivity contribution in [1.82, 2.24) is 19.3 Å². The molecule has 24 heavy (non-hydrogen) atoms. The van der Waals surface area contributed by atoms with Gasteiger partial charge in [0, 0.05) is 37.7 Å². The van der Waals surface area contributed by atoms with Gasteiger partial charge in [0.25, 0.3) is 5.92 Å². The van der Waals surface area contributed by atoms with Gasteiger partial charge in [0.05, 0.1) is 6.04 Å². The van der Waals surface area contributed by atoms with E-state index in [0.29, 0.717) is 27.5 Å². The molecule has 5 nitrogen and oxygen atoms in total. The number of piperidine rings is 2. The van der Waals surface area contributed by atoms with Gasteiger partial charge in [-0.1, -0.05) is 11.6 Å². The molecule has 4 rings (SSSR count). The number of amides is 1. The molecule has 4 heterocycles. The molecule has 9 heteroatoms. The van der Waals surface area contributed by atoms with Crippen molar-refractivity contribution in [3.8, 4) is 0 Å². The molecule has 2 unspecified atom stereocenters. The van der Waals surface area contributed by atoms with Crippen molar-refractivity contribution in [2.45, 2.75) is 43.6 Å². The van der Waals surface area contributed by atoms with Crippen LogP contribution >= 0.6 is 27.5 Å². The lowest BCUT2D eigenvalue weighted by atomic mass is 9.84. The Labute approximate surface area is 150 Å². The highest BCUT2D eigenvalue weighted by molar-refractivity contribution is 9.10. The summed E-state index contributed by atoms with van der Waals surface area (Å²) < 4.78 is 30.6. The maximum absolute atomic E-state index is 14.1. The van der Waals surface area contributed by atoms with Crippen LogP contribution in [0, 0.1) is 0 Å². The summed E-state index contributed by atoms with van der Waals surface area (Å²) in [6.45, 7) is 0.255. The summed E-state index contributed by atoms with van der Waals surface area (Å²) in [6.07, 6.45) is 3.69. The fraction of sp³-hybridized carbons (Fsp3) is 0.533. The van der Waals surface area contributed by atoms with E-state index < -0.39 is 12.0 Å². The quantitative estimate of drug-likeness (QED) is 0.709. The van der Waals surface area contributed by atoms with E-state index >= 15 is 0 Å². The highest BCUT2D eigenvalue weighted by Gasteiger charge is 2.51. The minimum absolute atomic E-state index is 0.0992. The van der Waals surface area contributed by atoms with Crippen LogP contribution in [0.1, 0.15) is 37.4 Å². The summed E-state index contributed by atoms with van der Waals surface area (Å²) in [4.78, 5) is 22.0. The van der Waals surface area contributed by atoms with Gasteiger partial charge in [-0.25, -0.2) is 18.7 Å². The minimum atomic E-state index is -2.80. The molecule has 0 spiro atoms. The van der Waals surface area contributed by atoms with Crippen LogP contribution in [-0.4, -0.2) is 43.7 Å². The molecule has 2 atom stereocenters. The first-order chi connectivity index (χ1) is 11.4. The van der Waals surface area contributed by atoms with E-state index in [-0.39, 0.29) is 37.6 Å². The van der Waals surface area contributed by atoms with E-state index in [2.05, 4.69) is 25.9 Å². The number of aromatic nitrogens is 3. The Morgan fingerprint density at radius 3 is 2.96 bits per heavy atom. The molecule has 1 amide bonds. The van der Waals surface area contributed by atoms with Gasteiger partial charge in [0.2, 0.25) is 5.91 Å². The summed E-state index contributed by atoms with van der Waals surface area (Å²) in [5, 5.41) is 0.317. The number of fused-ring (bicyclic) bond motifs is 2. The van der Waals surface area contributed by atoms with Crippen LogP contribution in [0.4, 0.5) is 8.78 Å². The Kier molecular flexibility index (Phi) is 3.80. The zero-order valence-corrected chi connectivity index (χ0v) is 14.9. The van der Waals surface area contributed by atoms with Crippen molar-refractivity contribution in [3.05, 3.63) is 28.0 Å². The monoisotopic (exact) mass is 418 g/mol. The van der Waals surface area contributed by atoms with Crippen molar-refractivity contribution >= 4 is 39.0 Å². The Morgan fingerprint density at radius 2 is 2.17 bits per heavy atom. The van der Waals surface area contributed by atoms with Crippen molar-refractivity contribution in [2.24, 2.45) is 0 Å². The van der Waals surface area contributed by atoms with Crippen LogP contribution < -0.4 is 0 Å². The molecule has 0 aliphatic carbocycles. The molecular weight excluding hydrogens is 406 g/mol. The molecule has 2 aliphatic rings. The first-order valence-corrected chi connectivity index (χ1v) is 8.91. The number of nitrogens with zero attached hydrogens (tertiary/aromatic N) is 4. The van der Waals surface area contributed by atoms with Gasteiger partial charge in [-0.2, -0.15) is 0 Å². The van der Waals surface area contributed by atoms with E-state index in [1.54, 1.807) is 12.4 Å². The summed E-state index contributed by atoms with van der Waals surface area (Å²) >= 11 is 9.50. The summed E-state index contributed by atoms with van der Waals surface area (Å²) in [5.41, 5.74) is 0.645. The highest BCUT2D eigenvalue weighted by atomic mass is 79.9. The van der Waals surface area contributed by atoms with Crippen LogP contribution in [0.25, 0.3) is 5.52 Å². The largest absolute Gasteiger partial charge is 0.333 e. The molecule has 2 aromatic heterocycles. The third-order valence-electron chi connectivity index (χ3n) is 4.92. The second kappa shape index (κ2) is 5.62. The van der Waals surface area contributed by atoms with Crippen LogP contribution in [0.2, 0.25) is 5.15 Å². The van der Waals surface area contributed by atoms with Gasteiger partial charge in [-0.3, -0.25) is 9.20 Å². The Hall–Kier alpha value is -1.28. The SMILES string of the molecule is O=C1CCC(F)(F)C2CCC(c3nc(Br)c4c(Cl)nccn34)CN12. The normalized spacial score (nSPS) is 26.7. The number of imidazole rings is 1. The molecule has 0 N–H and O–H groups in total. The standard InChI is InChI=1S/C15H14BrClF2N4O/c16-12-11-13(17)20-5-6-22(11)14(21-12)8-1-2-9-15(18,19)4-3-10(24)23(9)7-8/h5-6,8-9H,1-4,7H2. The highest BCUT2D eigenvalue weighted by Crippen LogP contribution is 2.42. The Bertz CT molecular complexity index is 827. The molecule has 0 aromatic carbocycles. The first kappa shape index (κ1) is 16.2. The molecule has 2 aliphatic heterocycles. The van der Waals surface area contributed by atoms with E-state index in [1.165, 1.54) is 4.90 Å². The zero-order valence-electron chi connectivity index (χ0n) is 12.6. The van der Waals surface area contributed by atoms with Crippen molar-refractivity contribution in [2.75, 3.05) is 6.54 Å². The smallest absolute Gasteiger partial charge is 0.268 e. The maximum Gasteiger partial charge on any atom is 0.268 e. The van der Waals surface area contributed by atoms with Gasteiger partial charge >= 0.3 is 0 Å². The Balaban J connectivity index is 1.70. The van der Waals surface area contributed by atoms with E-state index in [9.17, 15) is 13.6 Å². The van der Waals surface area contributed by atoms with E-state index in [1.807, 2.05) is 4.40 Å². The number of alkyl halides is 2. The number of rotatable bonds is 1. The van der Waals surface area contributed by atoms with Crippen molar-refractivity contribution < 1.29 is 13.6 Å². The lowest BCUT2D eigenvalue weighted by molar-refractivity contribution is -0.166. The molecule has 0 bridgehead atoms. The fourth-order valence-electron chi connectivity index (χ4n) is 3.75. The van der Waals surface area contributed by atoms with E-state index in [4.69, 9.17) is 11.6 Å². The molecule has 0 saturated carbocycles. The van der Waals surface area contributed by atoms with Crippen LogP contribution in [-0.2, 0) is 4.79 Å². The lowest BCUT2D eigenvalue weighted by Crippen LogP contribution is -2.58. The number of halogens is 4. The van der Waals surface area contributed by atoms with Crippen molar-refractivity contribution in [3.63, 3.8) is 0 Å². The number of carbonyl (C=O) groups excluding carboxylic acids is 1. The van der Waals surface area contributed by atoms with Crippen molar-refractivity contribution in [1.29, 1.82) is 0 Å². The lowest BCUT2D eigenvalue weighted by Gasteiger charge is -2.45. The topological polar surface area (TPSA) is 50.5 Å². The first-order valence-electron chi connectivity index (χ1n) is 7.74.